The van der Waals surface area contributed by atoms with Gasteiger partial charge in [0.25, 0.3) is 5.91 Å². The molecule has 23 heavy (non-hydrogen) atoms. The van der Waals surface area contributed by atoms with Crippen LogP contribution in [0.15, 0.2) is 42.5 Å². The highest BCUT2D eigenvalue weighted by Crippen LogP contribution is 2.33. The third-order valence-corrected chi connectivity index (χ3v) is 3.68. The highest BCUT2D eigenvalue weighted by molar-refractivity contribution is 6.07. The van der Waals surface area contributed by atoms with E-state index < -0.39 is 0 Å². The molecule has 1 N–H and O–H groups in total. The fourth-order valence-electron chi connectivity index (χ4n) is 2.59. The molecule has 0 radical (unpaired) electrons. The zero-order valence-corrected chi connectivity index (χ0v) is 13.1. The van der Waals surface area contributed by atoms with Crippen molar-refractivity contribution < 1.29 is 14.3 Å². The van der Waals surface area contributed by atoms with Crippen molar-refractivity contribution in [2.45, 2.75) is 13.8 Å². The van der Waals surface area contributed by atoms with Crippen LogP contribution < -0.4 is 15.0 Å². The van der Waals surface area contributed by atoms with E-state index in [1.807, 2.05) is 25.1 Å². The Morgan fingerprint density at radius 2 is 1.87 bits per heavy atom. The van der Waals surface area contributed by atoms with E-state index >= 15 is 0 Å². The molecule has 118 valence electrons. The number of aryl methyl sites for hydroxylation is 1. The monoisotopic (exact) mass is 310 g/mol. The number of ether oxygens (including phenoxy) is 1. The summed E-state index contributed by atoms with van der Waals surface area (Å²) in [6.45, 7) is 4.43. The summed E-state index contributed by atoms with van der Waals surface area (Å²) in [5, 5.41) is 2.69. The number of benzene rings is 2. The van der Waals surface area contributed by atoms with Crippen molar-refractivity contribution in [3.8, 4) is 5.75 Å². The van der Waals surface area contributed by atoms with Crippen LogP contribution in [0.1, 0.15) is 22.8 Å². The molecular formula is C18H18N2O3. The maximum absolute atomic E-state index is 12.8. The van der Waals surface area contributed by atoms with Crippen LogP contribution in [0, 0.1) is 6.92 Å². The second-order valence-electron chi connectivity index (χ2n) is 5.53. The molecule has 0 bridgehead atoms. The molecule has 2 amide bonds. The van der Waals surface area contributed by atoms with E-state index in [0.29, 0.717) is 24.4 Å². The number of amides is 2. The molecule has 2 aromatic rings. The van der Waals surface area contributed by atoms with Crippen LogP contribution in [0.5, 0.6) is 5.75 Å². The van der Waals surface area contributed by atoms with E-state index in [2.05, 4.69) is 5.32 Å². The second kappa shape index (κ2) is 6.12. The lowest BCUT2D eigenvalue weighted by Crippen LogP contribution is -2.38. The maximum Gasteiger partial charge on any atom is 0.258 e. The zero-order valence-electron chi connectivity index (χ0n) is 13.1. The molecule has 1 aliphatic heterocycles. The third-order valence-electron chi connectivity index (χ3n) is 3.68. The molecule has 5 nitrogen and oxygen atoms in total. The quantitative estimate of drug-likeness (QED) is 0.927. The number of hydrogen-bond donors (Lipinski definition) is 1. The van der Waals surface area contributed by atoms with Gasteiger partial charge < -0.3 is 15.0 Å². The van der Waals surface area contributed by atoms with Gasteiger partial charge in [-0.3, -0.25) is 9.59 Å². The topological polar surface area (TPSA) is 58.6 Å². The third kappa shape index (κ3) is 3.18. The Labute approximate surface area is 134 Å². The molecule has 0 aliphatic carbocycles. The minimum absolute atomic E-state index is 0.0745. The molecule has 0 saturated heterocycles. The van der Waals surface area contributed by atoms with Gasteiger partial charge in [0.1, 0.15) is 12.4 Å². The van der Waals surface area contributed by atoms with Crippen molar-refractivity contribution in [3.05, 3.63) is 53.6 Å². The summed E-state index contributed by atoms with van der Waals surface area (Å²) >= 11 is 0. The molecule has 0 unspecified atom stereocenters. The maximum atomic E-state index is 12.8. The van der Waals surface area contributed by atoms with E-state index in [4.69, 9.17) is 4.74 Å². The van der Waals surface area contributed by atoms with Gasteiger partial charge in [0.15, 0.2) is 0 Å². The van der Waals surface area contributed by atoms with Crippen molar-refractivity contribution in [1.82, 2.24) is 0 Å². The number of carbonyl (C=O) groups is 2. The first-order valence-electron chi connectivity index (χ1n) is 7.47. The Balaban J connectivity index is 1.87. The first-order chi connectivity index (χ1) is 11.0. The van der Waals surface area contributed by atoms with Gasteiger partial charge in [-0.2, -0.15) is 0 Å². The molecule has 0 saturated carbocycles. The van der Waals surface area contributed by atoms with Crippen molar-refractivity contribution in [3.63, 3.8) is 0 Å². The smallest absolute Gasteiger partial charge is 0.258 e. The van der Waals surface area contributed by atoms with Crippen LogP contribution in [0.2, 0.25) is 0 Å². The van der Waals surface area contributed by atoms with E-state index in [-0.39, 0.29) is 11.8 Å². The fourth-order valence-corrected chi connectivity index (χ4v) is 2.59. The van der Waals surface area contributed by atoms with E-state index in [1.165, 1.54) is 6.92 Å². The average Bonchev–Trinajstić information content (AvgIpc) is 2.54. The Morgan fingerprint density at radius 3 is 2.57 bits per heavy atom. The molecule has 1 aliphatic rings. The Hall–Kier alpha value is -2.82. The summed E-state index contributed by atoms with van der Waals surface area (Å²) in [6, 6.07) is 12.7. The summed E-state index contributed by atoms with van der Waals surface area (Å²) in [6.07, 6.45) is 0. The van der Waals surface area contributed by atoms with Gasteiger partial charge in [-0.15, -0.1) is 0 Å². The lowest BCUT2D eigenvalue weighted by atomic mass is 10.1. The van der Waals surface area contributed by atoms with Gasteiger partial charge >= 0.3 is 0 Å². The second-order valence-corrected chi connectivity index (χ2v) is 5.53. The largest absolute Gasteiger partial charge is 0.490 e. The van der Waals surface area contributed by atoms with Gasteiger partial charge in [0.05, 0.1) is 12.2 Å². The van der Waals surface area contributed by atoms with Crippen molar-refractivity contribution in [1.29, 1.82) is 0 Å². The number of anilines is 2. The number of hydrogen-bond acceptors (Lipinski definition) is 3. The highest BCUT2D eigenvalue weighted by atomic mass is 16.5. The van der Waals surface area contributed by atoms with Crippen molar-refractivity contribution in [2.24, 2.45) is 0 Å². The summed E-state index contributed by atoms with van der Waals surface area (Å²) in [5.74, 6) is 0.515. The molecule has 0 spiro atoms. The zero-order chi connectivity index (χ0) is 16.4. The number of rotatable bonds is 2. The lowest BCUT2D eigenvalue weighted by Gasteiger charge is -2.30. The predicted octanol–water partition coefficient (Wildman–Crippen LogP) is 2.99. The molecular weight excluding hydrogens is 292 g/mol. The molecule has 3 rings (SSSR count). The average molecular weight is 310 g/mol. The summed E-state index contributed by atoms with van der Waals surface area (Å²) in [7, 11) is 0. The van der Waals surface area contributed by atoms with Crippen molar-refractivity contribution >= 4 is 23.2 Å². The minimum Gasteiger partial charge on any atom is -0.490 e. The number of nitrogens with zero attached hydrogens (tertiary/aromatic N) is 1. The lowest BCUT2D eigenvalue weighted by molar-refractivity contribution is -0.114. The van der Waals surface area contributed by atoms with Gasteiger partial charge in [0, 0.05) is 18.2 Å². The highest BCUT2D eigenvalue weighted by Gasteiger charge is 2.24. The Kier molecular flexibility index (Phi) is 4.02. The van der Waals surface area contributed by atoms with E-state index in [9.17, 15) is 9.59 Å². The fraction of sp³-hybridized carbons (Fsp3) is 0.222. The number of nitrogens with one attached hydrogen (secondary N) is 1. The Morgan fingerprint density at radius 1 is 1.13 bits per heavy atom. The summed E-state index contributed by atoms with van der Waals surface area (Å²) in [5.41, 5.74) is 3.13. The van der Waals surface area contributed by atoms with Gasteiger partial charge in [-0.05, 0) is 48.9 Å². The summed E-state index contributed by atoms with van der Waals surface area (Å²) in [4.78, 5) is 25.6. The number of fused-ring (bicyclic) bond motifs is 1. The first kappa shape index (κ1) is 15.1. The van der Waals surface area contributed by atoms with Crippen molar-refractivity contribution in [2.75, 3.05) is 23.4 Å². The van der Waals surface area contributed by atoms with Crippen LogP contribution >= 0.6 is 0 Å². The van der Waals surface area contributed by atoms with Crippen LogP contribution in [0.3, 0.4) is 0 Å². The molecule has 0 atom stereocenters. The van der Waals surface area contributed by atoms with E-state index in [0.717, 1.165) is 17.0 Å². The Bertz CT molecular complexity index is 753. The van der Waals surface area contributed by atoms with E-state index in [1.54, 1.807) is 29.2 Å². The van der Waals surface area contributed by atoms with Crippen LogP contribution in [0.4, 0.5) is 11.4 Å². The standard InChI is InChI=1S/C18H18N2O3/c1-12-3-8-17-16(11-12)20(9-10-23-17)18(22)14-4-6-15(7-5-14)19-13(2)21/h3-8,11H,9-10H2,1-2H3,(H,19,21). The number of carbonyl (C=O) groups excluding carboxylic acids is 2. The normalized spacial score (nSPS) is 13.0. The molecule has 1 heterocycles. The van der Waals surface area contributed by atoms with Crippen LogP contribution in [0.25, 0.3) is 0 Å². The van der Waals surface area contributed by atoms with Gasteiger partial charge in [-0.25, -0.2) is 0 Å². The SMILES string of the molecule is CC(=O)Nc1ccc(C(=O)N2CCOc3ccc(C)cc32)cc1. The van der Waals surface area contributed by atoms with Crippen LogP contribution in [-0.4, -0.2) is 25.0 Å². The first-order valence-corrected chi connectivity index (χ1v) is 7.47. The van der Waals surface area contributed by atoms with Gasteiger partial charge in [0.2, 0.25) is 5.91 Å². The molecule has 0 fully saturated rings. The summed E-state index contributed by atoms with van der Waals surface area (Å²) < 4.78 is 5.62. The van der Waals surface area contributed by atoms with Gasteiger partial charge in [-0.1, -0.05) is 6.07 Å². The predicted molar refractivity (Wildman–Crippen MR) is 89.1 cm³/mol. The molecule has 2 aromatic carbocycles. The molecule has 0 aromatic heterocycles. The minimum atomic E-state index is -0.137. The van der Waals surface area contributed by atoms with Crippen LogP contribution in [-0.2, 0) is 4.79 Å². The molecule has 5 heteroatoms.